The highest BCUT2D eigenvalue weighted by molar-refractivity contribution is 6.84. The lowest BCUT2D eigenvalue weighted by Gasteiger charge is -2.37. The maximum Gasteiger partial charge on any atom is 0.389 e. The molecule has 0 heterocycles. The zero-order valence-corrected chi connectivity index (χ0v) is 17.7. The highest BCUT2D eigenvalue weighted by atomic mass is 28.5. The van der Waals surface area contributed by atoms with Crippen LogP contribution in [0.15, 0.2) is 0 Å². The molecule has 1 atom stereocenters. The van der Waals surface area contributed by atoms with E-state index in [0.717, 1.165) is 0 Å². The van der Waals surface area contributed by atoms with Crippen LogP contribution in [0.3, 0.4) is 0 Å². The Bertz CT molecular complexity index is 300. The first-order chi connectivity index (χ1) is 8.75. The van der Waals surface area contributed by atoms with Crippen molar-refractivity contribution in [2.75, 3.05) is 0 Å². The monoisotopic (exact) mass is 364 g/mol. The number of rotatable bonds is 8. The van der Waals surface area contributed by atoms with Crippen LogP contribution in [0, 0.1) is 0 Å². The molecule has 0 aromatic carbocycles. The van der Waals surface area contributed by atoms with E-state index < -0.39 is 47.8 Å². The fourth-order valence-electron chi connectivity index (χ4n) is 2.11. The molecule has 0 N–H and O–H groups in total. The second-order valence-corrected chi connectivity index (χ2v) is 18.5. The maximum absolute atomic E-state index is 12.5. The van der Waals surface area contributed by atoms with Gasteiger partial charge in [-0.1, -0.05) is 0 Å². The lowest BCUT2D eigenvalue weighted by atomic mass is 10.5. The van der Waals surface area contributed by atoms with Crippen molar-refractivity contribution in [3.8, 4) is 0 Å². The van der Waals surface area contributed by atoms with Gasteiger partial charge in [0.05, 0.1) is 0 Å². The fraction of sp³-hybridized carbons (Fsp3) is 1.00. The molecule has 0 aromatic rings. The Labute approximate surface area is 125 Å². The Morgan fingerprint density at radius 3 is 1.70 bits per heavy atom. The minimum Gasteiger partial charge on any atom is -0.440 e. The van der Waals surface area contributed by atoms with Gasteiger partial charge in [-0.25, -0.2) is 0 Å². The van der Waals surface area contributed by atoms with E-state index in [-0.39, 0.29) is 6.04 Å². The van der Waals surface area contributed by atoms with Gasteiger partial charge in [0, 0.05) is 6.42 Å². The van der Waals surface area contributed by atoms with E-state index in [0.29, 0.717) is 0 Å². The predicted molar refractivity (Wildman–Crippen MR) is 85.6 cm³/mol. The van der Waals surface area contributed by atoms with Gasteiger partial charge in [0.25, 0.3) is 0 Å². The van der Waals surface area contributed by atoms with Crippen LogP contribution < -0.4 is 0 Å². The number of hydrogen-bond donors (Lipinski definition) is 0. The molecule has 1 unspecified atom stereocenters. The molecule has 0 amide bonds. The van der Waals surface area contributed by atoms with Crippen molar-refractivity contribution in [2.24, 2.45) is 0 Å². The summed E-state index contributed by atoms with van der Waals surface area (Å²) in [5.41, 5.74) is 0. The van der Waals surface area contributed by atoms with Crippen molar-refractivity contribution in [2.45, 2.75) is 64.5 Å². The third-order valence-corrected chi connectivity index (χ3v) is 15.2. The summed E-state index contributed by atoms with van der Waals surface area (Å²) in [5.74, 6) is 0. The summed E-state index contributed by atoms with van der Waals surface area (Å²) < 4.78 is 55.2. The van der Waals surface area contributed by atoms with Crippen molar-refractivity contribution in [3.05, 3.63) is 0 Å². The second-order valence-electron chi connectivity index (χ2n) is 6.08. The van der Waals surface area contributed by atoms with Gasteiger partial charge in [-0.15, -0.1) is 0 Å². The average molecular weight is 365 g/mol. The van der Waals surface area contributed by atoms with Crippen molar-refractivity contribution < 1.29 is 25.5 Å². The molecule has 0 aliphatic heterocycles. The first kappa shape index (κ1) is 20.5. The Morgan fingerprint density at radius 2 is 1.35 bits per heavy atom. The van der Waals surface area contributed by atoms with Crippen LogP contribution >= 0.6 is 0 Å². The molecule has 0 bridgehead atoms. The topological polar surface area (TPSA) is 27.7 Å². The molecule has 0 aromatic heterocycles. The van der Waals surface area contributed by atoms with E-state index in [1.807, 2.05) is 39.3 Å². The van der Waals surface area contributed by atoms with E-state index in [1.54, 1.807) is 6.55 Å². The van der Waals surface area contributed by atoms with Crippen molar-refractivity contribution in [3.63, 3.8) is 0 Å². The van der Waals surface area contributed by atoms with Crippen LogP contribution in [0.2, 0.25) is 51.9 Å². The average Bonchev–Trinajstić information content (AvgIpc) is 2.08. The van der Waals surface area contributed by atoms with Crippen LogP contribution in [0.25, 0.3) is 0 Å². The largest absolute Gasteiger partial charge is 0.440 e. The third kappa shape index (κ3) is 10.3. The fourth-order valence-corrected chi connectivity index (χ4v) is 17.7. The van der Waals surface area contributed by atoms with E-state index >= 15 is 0 Å². The van der Waals surface area contributed by atoms with Gasteiger partial charge in [-0.05, 0) is 51.9 Å². The highest BCUT2D eigenvalue weighted by Crippen LogP contribution is 2.30. The van der Waals surface area contributed by atoms with Crippen LogP contribution in [0.1, 0.15) is 6.42 Å². The van der Waals surface area contributed by atoms with Gasteiger partial charge < -0.3 is 12.3 Å². The van der Waals surface area contributed by atoms with Crippen LogP contribution in [0.5, 0.6) is 0 Å². The van der Waals surface area contributed by atoms with E-state index in [9.17, 15) is 13.2 Å². The Morgan fingerprint density at radius 1 is 0.900 bits per heavy atom. The van der Waals surface area contributed by atoms with Gasteiger partial charge in [0.2, 0.25) is 0 Å². The smallest absolute Gasteiger partial charge is 0.389 e. The van der Waals surface area contributed by atoms with Gasteiger partial charge >= 0.3 is 23.3 Å². The molecule has 0 saturated carbocycles. The van der Waals surface area contributed by atoms with Gasteiger partial charge in [0.1, 0.15) is 0 Å². The molecule has 20 heavy (non-hydrogen) atoms. The second kappa shape index (κ2) is 7.70. The molecule has 3 nitrogen and oxygen atoms in total. The summed E-state index contributed by atoms with van der Waals surface area (Å²) in [6.45, 7) is 13.5. The summed E-state index contributed by atoms with van der Waals surface area (Å²) in [5, 5.41) is 0. The lowest BCUT2D eigenvalue weighted by molar-refractivity contribution is -0.131. The van der Waals surface area contributed by atoms with Crippen LogP contribution in [0.4, 0.5) is 13.2 Å². The summed E-state index contributed by atoms with van der Waals surface area (Å²) >= 11 is 0. The lowest BCUT2D eigenvalue weighted by Crippen LogP contribution is -2.53. The predicted octanol–water partition coefficient (Wildman–Crippen LogP) is 3.73. The van der Waals surface area contributed by atoms with Crippen molar-refractivity contribution >= 4 is 35.2 Å². The molecule has 10 heteroatoms. The first-order valence-corrected chi connectivity index (χ1v) is 17.8. The molecule has 0 fully saturated rings. The molecule has 0 aliphatic carbocycles. The molecule has 0 rings (SSSR count). The highest BCUT2D eigenvalue weighted by Gasteiger charge is 2.43. The zero-order valence-electron chi connectivity index (χ0n) is 13.4. The van der Waals surface area contributed by atoms with Gasteiger partial charge in [-0.2, -0.15) is 13.2 Å². The molecule has 122 valence electrons. The van der Waals surface area contributed by atoms with E-state index in [2.05, 4.69) is 0 Å². The summed E-state index contributed by atoms with van der Waals surface area (Å²) in [7, 11) is -7.98. The Balaban J connectivity index is 4.85. The van der Waals surface area contributed by atoms with Crippen molar-refractivity contribution in [1.29, 1.82) is 0 Å². The van der Waals surface area contributed by atoms with Crippen molar-refractivity contribution in [1.82, 2.24) is 0 Å². The number of alkyl halides is 3. The van der Waals surface area contributed by atoms with Gasteiger partial charge in [-0.3, -0.25) is 0 Å². The first-order valence-electron chi connectivity index (χ1n) is 6.87. The summed E-state index contributed by atoms with van der Waals surface area (Å²) in [4.78, 5) is 0. The van der Waals surface area contributed by atoms with E-state index in [4.69, 9.17) is 12.3 Å². The van der Waals surface area contributed by atoms with E-state index in [1.165, 1.54) is 0 Å². The SMILES string of the molecule is C[SiH](C)O[Si](C)(C)O[Si](C)(CCC(F)(F)F)O[SiH](C)C. The molecule has 0 radical (unpaired) electrons. The van der Waals surface area contributed by atoms with Crippen LogP contribution in [-0.2, 0) is 12.3 Å². The third-order valence-electron chi connectivity index (χ3n) is 2.33. The Hall–Kier alpha value is 0.538. The Kier molecular flexibility index (Phi) is 7.90. The normalized spacial score (nSPS) is 16.8. The van der Waals surface area contributed by atoms with Crippen LogP contribution in [-0.4, -0.2) is 41.4 Å². The zero-order chi connectivity index (χ0) is 16.2. The number of hydrogen-bond acceptors (Lipinski definition) is 3. The molecule has 0 aliphatic rings. The maximum atomic E-state index is 12.5. The molecular weight excluding hydrogens is 337 g/mol. The quantitative estimate of drug-likeness (QED) is 0.614. The summed E-state index contributed by atoms with van der Waals surface area (Å²) in [6.07, 6.45) is -5.01. The molecule has 0 spiro atoms. The minimum atomic E-state index is -4.17. The molecule has 0 saturated heterocycles. The number of halogens is 3. The standard InChI is InChI=1S/C10H27F3O3Si4/c1-17(2)14-19(5,6)16-20(7,15-18(3)4)9-8-10(11,12)13/h17-18H,8-9H2,1-7H3. The summed E-state index contributed by atoms with van der Waals surface area (Å²) in [6, 6.07) is -0.0544. The minimum absolute atomic E-state index is 0.0544. The molecular formula is C10H27F3O3Si4. The van der Waals surface area contributed by atoms with Gasteiger partial charge in [0.15, 0.2) is 18.1 Å².